The van der Waals surface area contributed by atoms with Crippen LogP contribution in [0.15, 0.2) is 35.2 Å². The van der Waals surface area contributed by atoms with Gasteiger partial charge in [-0.3, -0.25) is 4.79 Å². The summed E-state index contributed by atoms with van der Waals surface area (Å²) in [5.41, 5.74) is 0. The molecule has 6 heteroatoms. The highest BCUT2D eigenvalue weighted by molar-refractivity contribution is 7.89. The number of nitrogens with zero attached hydrogens (tertiary/aromatic N) is 1. The summed E-state index contributed by atoms with van der Waals surface area (Å²) in [5.74, 6) is -0.815. The summed E-state index contributed by atoms with van der Waals surface area (Å²) in [6.45, 7) is 0.400. The van der Waals surface area contributed by atoms with Crippen LogP contribution < -0.4 is 0 Å². The summed E-state index contributed by atoms with van der Waals surface area (Å²) in [6.07, 6.45) is 2.08. The van der Waals surface area contributed by atoms with Crippen LogP contribution in [0.2, 0.25) is 0 Å². The SMILES string of the molecule is CN(CCCCCC(=O)O)S(=O)(=O)c1ccccc1. The minimum absolute atomic E-state index is 0.134. The van der Waals surface area contributed by atoms with Crippen LogP contribution >= 0.6 is 0 Å². The van der Waals surface area contributed by atoms with Gasteiger partial charge < -0.3 is 5.11 Å². The van der Waals surface area contributed by atoms with Crippen molar-refractivity contribution >= 4 is 16.0 Å². The van der Waals surface area contributed by atoms with Crippen molar-refractivity contribution in [3.05, 3.63) is 30.3 Å². The fourth-order valence-electron chi connectivity index (χ4n) is 1.68. The van der Waals surface area contributed by atoms with Gasteiger partial charge in [0.25, 0.3) is 0 Å². The Labute approximate surface area is 113 Å². The van der Waals surface area contributed by atoms with Gasteiger partial charge in [-0.15, -0.1) is 0 Å². The van der Waals surface area contributed by atoms with E-state index in [0.29, 0.717) is 25.8 Å². The van der Waals surface area contributed by atoms with Gasteiger partial charge in [-0.2, -0.15) is 0 Å². The first-order chi connectivity index (χ1) is 8.94. The van der Waals surface area contributed by atoms with Crippen molar-refractivity contribution in [1.82, 2.24) is 4.31 Å². The number of hydrogen-bond acceptors (Lipinski definition) is 3. The summed E-state index contributed by atoms with van der Waals surface area (Å²) >= 11 is 0. The molecule has 0 spiro atoms. The smallest absolute Gasteiger partial charge is 0.303 e. The molecular weight excluding hydrogens is 266 g/mol. The molecular formula is C13H19NO4S. The molecule has 0 bridgehead atoms. The summed E-state index contributed by atoms with van der Waals surface area (Å²) in [4.78, 5) is 10.6. The van der Waals surface area contributed by atoms with Crippen molar-refractivity contribution in [1.29, 1.82) is 0 Å². The fourth-order valence-corrected chi connectivity index (χ4v) is 2.91. The Balaban J connectivity index is 2.45. The quantitative estimate of drug-likeness (QED) is 0.741. The molecule has 0 fully saturated rings. The molecule has 0 aliphatic rings. The minimum Gasteiger partial charge on any atom is -0.481 e. The van der Waals surface area contributed by atoms with Crippen LogP contribution in [0.25, 0.3) is 0 Å². The highest BCUT2D eigenvalue weighted by Crippen LogP contribution is 2.14. The second kappa shape index (κ2) is 7.25. The fraction of sp³-hybridized carbons (Fsp3) is 0.462. The predicted molar refractivity (Wildman–Crippen MR) is 72.4 cm³/mol. The number of rotatable bonds is 8. The lowest BCUT2D eigenvalue weighted by molar-refractivity contribution is -0.137. The van der Waals surface area contributed by atoms with Crippen LogP contribution in [0.5, 0.6) is 0 Å². The van der Waals surface area contributed by atoms with Crippen molar-refractivity contribution in [2.24, 2.45) is 0 Å². The minimum atomic E-state index is -3.43. The lowest BCUT2D eigenvalue weighted by Gasteiger charge is -2.16. The molecule has 1 N–H and O–H groups in total. The van der Waals surface area contributed by atoms with Gasteiger partial charge in [0.05, 0.1) is 4.90 Å². The number of unbranched alkanes of at least 4 members (excludes halogenated alkanes) is 2. The van der Waals surface area contributed by atoms with Crippen molar-refractivity contribution < 1.29 is 18.3 Å². The largest absolute Gasteiger partial charge is 0.481 e. The second-order valence-electron chi connectivity index (χ2n) is 4.34. The molecule has 106 valence electrons. The zero-order chi connectivity index (χ0) is 14.3. The van der Waals surface area contributed by atoms with Crippen LogP contribution in [-0.2, 0) is 14.8 Å². The first kappa shape index (κ1) is 15.7. The van der Waals surface area contributed by atoms with E-state index in [-0.39, 0.29) is 11.3 Å². The Bertz CT molecular complexity index is 499. The Morgan fingerprint density at radius 2 is 1.79 bits per heavy atom. The van der Waals surface area contributed by atoms with E-state index < -0.39 is 16.0 Å². The van der Waals surface area contributed by atoms with E-state index in [1.54, 1.807) is 37.4 Å². The van der Waals surface area contributed by atoms with Gasteiger partial charge in [-0.05, 0) is 25.0 Å². The maximum Gasteiger partial charge on any atom is 0.303 e. The normalized spacial score (nSPS) is 11.7. The number of carboxylic acids is 1. The number of carbonyl (C=O) groups is 1. The molecule has 0 saturated carbocycles. The highest BCUT2D eigenvalue weighted by Gasteiger charge is 2.19. The average molecular weight is 285 g/mol. The monoisotopic (exact) mass is 285 g/mol. The van der Waals surface area contributed by atoms with E-state index in [0.717, 1.165) is 0 Å². The standard InChI is InChI=1S/C13H19NO4S/c1-14(11-7-3-6-10-13(15)16)19(17,18)12-8-4-2-5-9-12/h2,4-5,8-9H,3,6-7,10-11H2,1H3,(H,15,16). The van der Waals surface area contributed by atoms with E-state index in [2.05, 4.69) is 0 Å². The Hall–Kier alpha value is -1.40. The van der Waals surface area contributed by atoms with E-state index in [9.17, 15) is 13.2 Å². The average Bonchev–Trinajstić information content (AvgIpc) is 2.38. The molecule has 1 rings (SSSR count). The molecule has 0 aromatic heterocycles. The molecule has 19 heavy (non-hydrogen) atoms. The number of sulfonamides is 1. The van der Waals surface area contributed by atoms with Crippen molar-refractivity contribution in [2.75, 3.05) is 13.6 Å². The Morgan fingerprint density at radius 1 is 1.16 bits per heavy atom. The first-order valence-corrected chi connectivity index (χ1v) is 7.62. The Kier molecular flexibility index (Phi) is 5.98. The van der Waals surface area contributed by atoms with Gasteiger partial charge >= 0.3 is 5.97 Å². The van der Waals surface area contributed by atoms with Gasteiger partial charge in [0.2, 0.25) is 10.0 Å². The van der Waals surface area contributed by atoms with Gasteiger partial charge in [-0.25, -0.2) is 12.7 Å². The van der Waals surface area contributed by atoms with Gasteiger partial charge in [-0.1, -0.05) is 24.6 Å². The lowest BCUT2D eigenvalue weighted by atomic mass is 10.2. The maximum atomic E-state index is 12.1. The Morgan fingerprint density at radius 3 is 2.37 bits per heavy atom. The van der Waals surface area contributed by atoms with Gasteiger partial charge in [0, 0.05) is 20.0 Å². The zero-order valence-corrected chi connectivity index (χ0v) is 11.8. The van der Waals surface area contributed by atoms with E-state index >= 15 is 0 Å². The van der Waals surface area contributed by atoms with Crippen LogP contribution in [0.1, 0.15) is 25.7 Å². The topological polar surface area (TPSA) is 74.7 Å². The highest BCUT2D eigenvalue weighted by atomic mass is 32.2. The van der Waals surface area contributed by atoms with E-state index in [1.807, 2.05) is 0 Å². The molecule has 0 atom stereocenters. The molecule has 5 nitrogen and oxygen atoms in total. The first-order valence-electron chi connectivity index (χ1n) is 6.18. The molecule has 0 heterocycles. The van der Waals surface area contributed by atoms with Crippen molar-refractivity contribution in [3.63, 3.8) is 0 Å². The molecule has 0 aliphatic carbocycles. The molecule has 0 amide bonds. The summed E-state index contributed by atoms with van der Waals surface area (Å²) in [7, 11) is -1.88. The van der Waals surface area contributed by atoms with E-state index in [4.69, 9.17) is 5.11 Å². The molecule has 1 aromatic rings. The second-order valence-corrected chi connectivity index (χ2v) is 6.39. The van der Waals surface area contributed by atoms with Crippen LogP contribution in [0.3, 0.4) is 0 Å². The summed E-state index contributed by atoms with van der Waals surface area (Å²) < 4.78 is 25.6. The number of hydrogen-bond donors (Lipinski definition) is 1. The third-order valence-corrected chi connectivity index (χ3v) is 4.69. The number of carboxylic acid groups (broad SMARTS) is 1. The molecule has 0 saturated heterocycles. The molecule has 1 aromatic carbocycles. The third kappa shape index (κ3) is 5.00. The lowest BCUT2D eigenvalue weighted by Crippen LogP contribution is -2.27. The van der Waals surface area contributed by atoms with Crippen molar-refractivity contribution in [3.8, 4) is 0 Å². The van der Waals surface area contributed by atoms with E-state index in [1.165, 1.54) is 4.31 Å². The third-order valence-electron chi connectivity index (χ3n) is 2.82. The van der Waals surface area contributed by atoms with Crippen LogP contribution in [-0.4, -0.2) is 37.4 Å². The molecule has 0 aliphatic heterocycles. The molecule has 0 unspecified atom stereocenters. The summed E-state index contributed by atoms with van der Waals surface area (Å²) in [6, 6.07) is 8.28. The number of aliphatic carboxylic acids is 1. The molecule has 0 radical (unpaired) electrons. The van der Waals surface area contributed by atoms with Crippen molar-refractivity contribution in [2.45, 2.75) is 30.6 Å². The maximum absolute atomic E-state index is 12.1. The zero-order valence-electron chi connectivity index (χ0n) is 10.9. The van der Waals surface area contributed by atoms with Gasteiger partial charge in [0.15, 0.2) is 0 Å². The summed E-state index contributed by atoms with van der Waals surface area (Å²) in [5, 5.41) is 8.49. The van der Waals surface area contributed by atoms with Crippen LogP contribution in [0.4, 0.5) is 0 Å². The predicted octanol–water partition coefficient (Wildman–Crippen LogP) is 1.95. The number of benzene rings is 1. The van der Waals surface area contributed by atoms with Gasteiger partial charge in [0.1, 0.15) is 0 Å². The van der Waals surface area contributed by atoms with Crippen LogP contribution in [0, 0.1) is 0 Å².